The third kappa shape index (κ3) is 8.80. The number of nitrogens with zero attached hydrogens (tertiary/aromatic N) is 2. The van der Waals surface area contributed by atoms with Crippen molar-refractivity contribution in [3.8, 4) is 0 Å². The molecule has 0 saturated carbocycles. The molecule has 0 radical (unpaired) electrons. The van der Waals surface area contributed by atoms with Crippen LogP contribution in [0.25, 0.3) is 0 Å². The van der Waals surface area contributed by atoms with Crippen molar-refractivity contribution in [2.45, 2.75) is 50.6 Å². The number of benzene rings is 4. The van der Waals surface area contributed by atoms with Gasteiger partial charge in [0.15, 0.2) is 0 Å². The number of aryl methyl sites for hydroxylation is 1. The highest BCUT2D eigenvalue weighted by Gasteiger charge is 2.34. The summed E-state index contributed by atoms with van der Waals surface area (Å²) >= 11 is 3.51. The van der Waals surface area contributed by atoms with E-state index in [9.17, 15) is 18.0 Å². The third-order valence-corrected chi connectivity index (χ3v) is 9.56. The molecule has 4 aromatic rings. The molecule has 0 fully saturated rings. The van der Waals surface area contributed by atoms with Crippen molar-refractivity contribution in [1.29, 1.82) is 0 Å². The molecule has 2 amide bonds. The predicted molar refractivity (Wildman–Crippen MR) is 179 cm³/mol. The van der Waals surface area contributed by atoms with Crippen LogP contribution >= 0.6 is 15.9 Å². The van der Waals surface area contributed by atoms with Crippen LogP contribution in [0.3, 0.4) is 0 Å². The van der Waals surface area contributed by atoms with Gasteiger partial charge >= 0.3 is 0 Å². The van der Waals surface area contributed by atoms with Gasteiger partial charge in [-0.2, -0.15) is 0 Å². The monoisotopic (exact) mass is 675 g/mol. The van der Waals surface area contributed by atoms with E-state index in [2.05, 4.69) is 21.2 Å². The Kier molecular flexibility index (Phi) is 11.7. The van der Waals surface area contributed by atoms with Crippen LogP contribution in [0.2, 0.25) is 0 Å². The first-order chi connectivity index (χ1) is 21.2. The van der Waals surface area contributed by atoms with Gasteiger partial charge in [0, 0.05) is 24.0 Å². The standard InChI is InChI=1S/C35H38BrN3O4S/c1-3-4-22-37-35(41)33(24-28-12-7-5-8-13-28)38(25-29-14-11-15-30(36)23-29)34(40)26-39(31-20-18-27(2)19-21-31)44(42,43)32-16-9-6-10-17-32/h5-21,23,33H,3-4,22,24-26H2,1-2H3,(H,37,41). The van der Waals surface area contributed by atoms with E-state index < -0.39 is 28.5 Å². The fourth-order valence-corrected chi connectivity index (χ4v) is 6.73. The van der Waals surface area contributed by atoms with Gasteiger partial charge in [0.1, 0.15) is 12.6 Å². The minimum Gasteiger partial charge on any atom is -0.354 e. The molecular formula is C35H38BrN3O4S. The molecule has 0 aliphatic heterocycles. The maximum absolute atomic E-state index is 14.5. The van der Waals surface area contributed by atoms with Gasteiger partial charge < -0.3 is 10.2 Å². The average molecular weight is 677 g/mol. The first-order valence-corrected chi connectivity index (χ1v) is 16.9. The van der Waals surface area contributed by atoms with Crippen molar-refractivity contribution >= 4 is 43.5 Å². The highest BCUT2D eigenvalue weighted by atomic mass is 79.9. The Morgan fingerprint density at radius 2 is 1.48 bits per heavy atom. The Bertz CT molecular complexity index is 1630. The number of nitrogens with one attached hydrogen (secondary N) is 1. The number of hydrogen-bond acceptors (Lipinski definition) is 4. The molecule has 4 rings (SSSR count). The summed E-state index contributed by atoms with van der Waals surface area (Å²) in [6.07, 6.45) is 1.99. The maximum atomic E-state index is 14.5. The molecule has 0 bridgehead atoms. The molecule has 0 heterocycles. The van der Waals surface area contributed by atoms with E-state index in [4.69, 9.17) is 0 Å². The SMILES string of the molecule is CCCCNC(=O)C(Cc1ccccc1)N(Cc1cccc(Br)c1)C(=O)CN(c1ccc(C)cc1)S(=O)(=O)c1ccccc1. The Balaban J connectivity index is 1.78. The van der Waals surface area contributed by atoms with Crippen LogP contribution in [-0.2, 0) is 32.6 Å². The molecule has 0 aliphatic carbocycles. The number of carbonyl (C=O) groups excluding carboxylic acids is 2. The van der Waals surface area contributed by atoms with E-state index in [0.717, 1.165) is 38.3 Å². The number of anilines is 1. The van der Waals surface area contributed by atoms with Crippen molar-refractivity contribution < 1.29 is 18.0 Å². The number of carbonyl (C=O) groups is 2. The van der Waals surface area contributed by atoms with Gasteiger partial charge in [-0.05, 0) is 60.9 Å². The number of amides is 2. The van der Waals surface area contributed by atoms with Crippen LogP contribution in [0.15, 0.2) is 119 Å². The summed E-state index contributed by atoms with van der Waals surface area (Å²) in [7, 11) is -4.12. The Hall–Kier alpha value is -3.95. The van der Waals surface area contributed by atoms with Gasteiger partial charge in [0.05, 0.1) is 10.6 Å². The fourth-order valence-electron chi connectivity index (χ4n) is 4.85. The minimum atomic E-state index is -4.12. The quantitative estimate of drug-likeness (QED) is 0.154. The lowest BCUT2D eigenvalue weighted by Crippen LogP contribution is -2.53. The second-order valence-corrected chi connectivity index (χ2v) is 13.4. The van der Waals surface area contributed by atoms with E-state index in [1.807, 2.05) is 80.6 Å². The summed E-state index contributed by atoms with van der Waals surface area (Å²) < 4.78 is 30.0. The number of sulfonamides is 1. The summed E-state index contributed by atoms with van der Waals surface area (Å²) in [5.74, 6) is -0.768. The third-order valence-electron chi connectivity index (χ3n) is 7.27. The van der Waals surface area contributed by atoms with Gasteiger partial charge in [-0.3, -0.25) is 13.9 Å². The van der Waals surface area contributed by atoms with Gasteiger partial charge in [0.25, 0.3) is 10.0 Å². The van der Waals surface area contributed by atoms with Crippen LogP contribution in [0.5, 0.6) is 0 Å². The lowest BCUT2D eigenvalue weighted by molar-refractivity contribution is -0.140. The number of halogens is 1. The predicted octanol–water partition coefficient (Wildman–Crippen LogP) is 6.51. The molecule has 1 N–H and O–H groups in total. The van der Waals surface area contributed by atoms with Gasteiger partial charge in [-0.15, -0.1) is 0 Å². The van der Waals surface area contributed by atoms with E-state index >= 15 is 0 Å². The molecule has 1 unspecified atom stereocenters. The summed E-state index contributed by atoms with van der Waals surface area (Å²) in [5, 5.41) is 3.01. The largest absolute Gasteiger partial charge is 0.354 e. The Labute approximate surface area is 269 Å². The molecule has 9 heteroatoms. The van der Waals surface area contributed by atoms with Crippen LogP contribution in [0.4, 0.5) is 5.69 Å². The highest BCUT2D eigenvalue weighted by molar-refractivity contribution is 9.10. The zero-order chi connectivity index (χ0) is 31.5. The Morgan fingerprint density at radius 1 is 0.841 bits per heavy atom. The Morgan fingerprint density at radius 3 is 2.11 bits per heavy atom. The van der Waals surface area contributed by atoms with Crippen LogP contribution in [0.1, 0.15) is 36.5 Å². The minimum absolute atomic E-state index is 0.0741. The molecule has 1 atom stereocenters. The highest BCUT2D eigenvalue weighted by Crippen LogP contribution is 2.26. The smallest absolute Gasteiger partial charge is 0.264 e. The molecule has 0 saturated heterocycles. The van der Waals surface area contributed by atoms with E-state index in [0.29, 0.717) is 12.2 Å². The normalized spacial score (nSPS) is 11.9. The van der Waals surface area contributed by atoms with Crippen LogP contribution < -0.4 is 9.62 Å². The van der Waals surface area contributed by atoms with Crippen molar-refractivity contribution in [3.05, 3.63) is 130 Å². The number of rotatable bonds is 14. The fraction of sp³-hybridized carbons (Fsp3) is 0.257. The number of unbranched alkanes of at least 4 members (excludes halogenated alkanes) is 1. The zero-order valence-electron chi connectivity index (χ0n) is 25.0. The molecular weight excluding hydrogens is 638 g/mol. The van der Waals surface area contributed by atoms with Gasteiger partial charge in [0.2, 0.25) is 11.8 Å². The first-order valence-electron chi connectivity index (χ1n) is 14.7. The van der Waals surface area contributed by atoms with Gasteiger partial charge in [-0.25, -0.2) is 8.42 Å². The zero-order valence-corrected chi connectivity index (χ0v) is 27.4. The summed E-state index contributed by atoms with van der Waals surface area (Å²) in [4.78, 5) is 29.8. The second kappa shape index (κ2) is 15.7. The number of hydrogen-bond donors (Lipinski definition) is 1. The summed E-state index contributed by atoms with van der Waals surface area (Å²) in [6, 6.07) is 31.3. The average Bonchev–Trinajstić information content (AvgIpc) is 3.03. The topological polar surface area (TPSA) is 86.8 Å². The molecule has 0 spiro atoms. The molecule has 44 heavy (non-hydrogen) atoms. The van der Waals surface area contributed by atoms with Crippen LogP contribution in [-0.4, -0.2) is 44.3 Å². The lowest BCUT2D eigenvalue weighted by Gasteiger charge is -2.34. The molecule has 230 valence electrons. The summed E-state index contributed by atoms with van der Waals surface area (Å²) in [5.41, 5.74) is 3.02. The van der Waals surface area contributed by atoms with E-state index in [1.165, 1.54) is 17.0 Å². The molecule has 0 aliphatic rings. The molecule has 7 nitrogen and oxygen atoms in total. The van der Waals surface area contributed by atoms with Crippen molar-refractivity contribution in [2.24, 2.45) is 0 Å². The van der Waals surface area contributed by atoms with Crippen molar-refractivity contribution in [1.82, 2.24) is 10.2 Å². The maximum Gasteiger partial charge on any atom is 0.264 e. The van der Waals surface area contributed by atoms with Gasteiger partial charge in [-0.1, -0.05) is 108 Å². The summed E-state index contributed by atoms with van der Waals surface area (Å²) in [6.45, 7) is 4.07. The van der Waals surface area contributed by atoms with E-state index in [1.54, 1.807) is 30.3 Å². The van der Waals surface area contributed by atoms with Crippen molar-refractivity contribution in [2.75, 3.05) is 17.4 Å². The molecule has 0 aromatic heterocycles. The van der Waals surface area contributed by atoms with E-state index in [-0.39, 0.29) is 23.8 Å². The second-order valence-electron chi connectivity index (χ2n) is 10.7. The lowest BCUT2D eigenvalue weighted by atomic mass is 10.0. The molecule has 4 aromatic carbocycles. The first kappa shape index (κ1) is 33.0. The van der Waals surface area contributed by atoms with Crippen molar-refractivity contribution in [3.63, 3.8) is 0 Å². The van der Waals surface area contributed by atoms with Crippen LogP contribution in [0, 0.1) is 6.92 Å².